The number of hydrogen-bond donors (Lipinski definition) is 1. The number of hydrogen-bond acceptors (Lipinski definition) is 2. The van der Waals surface area contributed by atoms with Gasteiger partial charge in [0.15, 0.2) is 0 Å². The Balaban J connectivity index is 3.23. The van der Waals surface area contributed by atoms with Crippen molar-refractivity contribution in [1.29, 1.82) is 0 Å². The first-order valence-electron chi connectivity index (χ1n) is 4.38. The average Bonchev–Trinajstić information content (AvgIpc) is 2.16. The smallest absolute Gasteiger partial charge is 0.330 e. The molecule has 1 aromatic rings. The fourth-order valence-electron chi connectivity index (χ4n) is 1.26. The molecule has 1 aromatic heterocycles. The van der Waals surface area contributed by atoms with E-state index >= 15 is 0 Å². The van der Waals surface area contributed by atoms with E-state index in [-0.39, 0.29) is 0 Å². The maximum Gasteiger partial charge on any atom is 0.418 e. The van der Waals surface area contributed by atoms with Crippen LogP contribution in [-0.4, -0.2) is 11.5 Å². The summed E-state index contributed by atoms with van der Waals surface area (Å²) in [6.07, 6.45) is -4.39. The maximum absolute atomic E-state index is 13.3. The van der Waals surface area contributed by atoms with Crippen LogP contribution in [0.2, 0.25) is 0 Å². The molecule has 90 valence electrons. The highest BCUT2D eigenvalue weighted by Crippen LogP contribution is 2.40. The summed E-state index contributed by atoms with van der Waals surface area (Å²) in [5.41, 5.74) is 2.43. The van der Waals surface area contributed by atoms with Crippen molar-refractivity contribution < 1.29 is 22.0 Å². The third kappa shape index (κ3) is 2.66. The van der Waals surface area contributed by atoms with Crippen LogP contribution < -0.4 is 5.73 Å². The predicted molar refractivity (Wildman–Crippen MR) is 46.8 cm³/mol. The van der Waals surface area contributed by atoms with Crippen molar-refractivity contribution in [2.24, 2.45) is 5.73 Å². The van der Waals surface area contributed by atoms with Gasteiger partial charge in [0, 0.05) is 24.4 Å². The van der Waals surface area contributed by atoms with E-state index in [1.165, 1.54) is 0 Å². The zero-order valence-electron chi connectivity index (χ0n) is 8.06. The molecule has 0 radical (unpaired) electrons. The summed E-state index contributed by atoms with van der Waals surface area (Å²) in [7, 11) is 0. The van der Waals surface area contributed by atoms with Gasteiger partial charge in [-0.2, -0.15) is 13.2 Å². The number of aromatic nitrogens is 1. The Morgan fingerprint density at radius 2 is 1.75 bits per heavy atom. The van der Waals surface area contributed by atoms with E-state index in [0.29, 0.717) is 12.3 Å². The third-order valence-corrected chi connectivity index (χ3v) is 1.98. The SMILES string of the molecule is NCCC(F)(F)c1ccncc1C(F)(F)F. The van der Waals surface area contributed by atoms with E-state index in [1.807, 2.05) is 0 Å². The monoisotopic (exact) mass is 240 g/mol. The van der Waals surface area contributed by atoms with Crippen LogP contribution in [-0.2, 0) is 12.1 Å². The molecule has 0 saturated carbocycles. The molecule has 2 N–H and O–H groups in total. The molecule has 2 nitrogen and oxygen atoms in total. The number of halogens is 5. The van der Waals surface area contributed by atoms with Gasteiger partial charge in [-0.25, -0.2) is 8.78 Å². The summed E-state index contributed by atoms with van der Waals surface area (Å²) < 4.78 is 63.9. The zero-order chi connectivity index (χ0) is 12.4. The van der Waals surface area contributed by atoms with Gasteiger partial charge in [0.2, 0.25) is 0 Å². The molecule has 0 spiro atoms. The summed E-state index contributed by atoms with van der Waals surface area (Å²) in [4.78, 5) is 3.20. The summed E-state index contributed by atoms with van der Waals surface area (Å²) in [6.45, 7) is -0.396. The Hall–Kier alpha value is -1.24. The first-order chi connectivity index (χ1) is 7.29. The number of pyridine rings is 1. The van der Waals surface area contributed by atoms with E-state index in [9.17, 15) is 22.0 Å². The molecule has 1 heterocycles. The molecular weight excluding hydrogens is 231 g/mol. The van der Waals surface area contributed by atoms with Gasteiger partial charge in [0.1, 0.15) is 0 Å². The minimum atomic E-state index is -4.85. The van der Waals surface area contributed by atoms with Crippen molar-refractivity contribution in [3.63, 3.8) is 0 Å². The van der Waals surface area contributed by atoms with Gasteiger partial charge in [-0.05, 0) is 12.6 Å². The molecule has 16 heavy (non-hydrogen) atoms. The molecule has 0 saturated heterocycles. The number of rotatable bonds is 3. The first kappa shape index (κ1) is 12.8. The number of alkyl halides is 5. The van der Waals surface area contributed by atoms with Crippen molar-refractivity contribution in [3.8, 4) is 0 Å². The van der Waals surface area contributed by atoms with Crippen LogP contribution in [0.5, 0.6) is 0 Å². The minimum Gasteiger partial charge on any atom is -0.330 e. The molecule has 0 aliphatic rings. The topological polar surface area (TPSA) is 38.9 Å². The molecule has 7 heteroatoms. The predicted octanol–water partition coefficient (Wildman–Crippen LogP) is 2.54. The zero-order valence-corrected chi connectivity index (χ0v) is 8.06. The lowest BCUT2D eigenvalue weighted by Crippen LogP contribution is -2.23. The molecule has 0 atom stereocenters. The number of nitrogens with zero attached hydrogens (tertiary/aromatic N) is 1. The van der Waals surface area contributed by atoms with Gasteiger partial charge >= 0.3 is 6.18 Å². The molecule has 1 rings (SSSR count). The molecule has 0 amide bonds. The van der Waals surface area contributed by atoms with Crippen molar-refractivity contribution in [2.75, 3.05) is 6.54 Å². The first-order valence-corrected chi connectivity index (χ1v) is 4.38. The molecule has 0 aliphatic carbocycles. The molecular formula is C9H9F5N2. The molecule has 0 unspecified atom stereocenters. The largest absolute Gasteiger partial charge is 0.418 e. The van der Waals surface area contributed by atoms with Crippen LogP contribution in [0.4, 0.5) is 22.0 Å². The highest BCUT2D eigenvalue weighted by Gasteiger charge is 2.42. The summed E-state index contributed by atoms with van der Waals surface area (Å²) in [5.74, 6) is -3.59. The Bertz CT molecular complexity index is 361. The standard InChI is InChI=1S/C9H9F5N2/c10-8(11,2-3-15)6-1-4-16-5-7(6)9(12,13)14/h1,4-5H,2-3,15H2. The second kappa shape index (κ2) is 4.32. The quantitative estimate of drug-likeness (QED) is 0.824. The van der Waals surface area contributed by atoms with Crippen molar-refractivity contribution in [3.05, 3.63) is 29.6 Å². The van der Waals surface area contributed by atoms with Gasteiger partial charge < -0.3 is 5.73 Å². The van der Waals surface area contributed by atoms with Crippen LogP contribution in [0.25, 0.3) is 0 Å². The van der Waals surface area contributed by atoms with Crippen LogP contribution in [0.1, 0.15) is 17.5 Å². The summed E-state index contributed by atoms with van der Waals surface area (Å²) in [6, 6.07) is 0.665. The second-order valence-electron chi connectivity index (χ2n) is 3.16. The van der Waals surface area contributed by atoms with Gasteiger partial charge in [0.05, 0.1) is 5.56 Å². The van der Waals surface area contributed by atoms with E-state index in [4.69, 9.17) is 5.73 Å². The normalized spacial score (nSPS) is 12.9. The lowest BCUT2D eigenvalue weighted by Gasteiger charge is -2.20. The molecule has 0 bridgehead atoms. The highest BCUT2D eigenvalue weighted by atomic mass is 19.4. The fourth-order valence-corrected chi connectivity index (χ4v) is 1.26. The van der Waals surface area contributed by atoms with Crippen molar-refractivity contribution >= 4 is 0 Å². The van der Waals surface area contributed by atoms with Crippen LogP contribution in [0.3, 0.4) is 0 Å². The maximum atomic E-state index is 13.3. The van der Waals surface area contributed by atoms with Gasteiger partial charge in [0.25, 0.3) is 5.92 Å². The van der Waals surface area contributed by atoms with Crippen LogP contribution in [0, 0.1) is 0 Å². The second-order valence-corrected chi connectivity index (χ2v) is 3.16. The Labute approximate surface area is 88.3 Å². The Kier molecular flexibility index (Phi) is 3.47. The lowest BCUT2D eigenvalue weighted by molar-refractivity contribution is -0.142. The fraction of sp³-hybridized carbons (Fsp3) is 0.444. The average molecular weight is 240 g/mol. The molecule has 0 aromatic carbocycles. The van der Waals surface area contributed by atoms with Crippen molar-refractivity contribution in [1.82, 2.24) is 4.98 Å². The van der Waals surface area contributed by atoms with Gasteiger partial charge in [-0.1, -0.05) is 0 Å². The summed E-state index contributed by atoms with van der Waals surface area (Å²) in [5, 5.41) is 0. The van der Waals surface area contributed by atoms with E-state index in [1.54, 1.807) is 0 Å². The molecule has 0 fully saturated rings. The number of nitrogens with two attached hydrogens (primary N) is 1. The Morgan fingerprint density at radius 3 is 2.25 bits per heavy atom. The van der Waals surface area contributed by atoms with E-state index in [2.05, 4.69) is 4.98 Å². The van der Waals surface area contributed by atoms with Crippen molar-refractivity contribution in [2.45, 2.75) is 18.5 Å². The van der Waals surface area contributed by atoms with Crippen LogP contribution >= 0.6 is 0 Å². The molecule has 0 aliphatic heterocycles. The van der Waals surface area contributed by atoms with Gasteiger partial charge in [-0.3, -0.25) is 4.98 Å². The van der Waals surface area contributed by atoms with Crippen LogP contribution in [0.15, 0.2) is 18.5 Å². The van der Waals surface area contributed by atoms with E-state index < -0.39 is 36.2 Å². The lowest BCUT2D eigenvalue weighted by atomic mass is 10.0. The Morgan fingerprint density at radius 1 is 1.12 bits per heavy atom. The van der Waals surface area contributed by atoms with E-state index in [0.717, 1.165) is 6.20 Å². The summed E-state index contributed by atoms with van der Waals surface area (Å²) >= 11 is 0. The minimum absolute atomic E-state index is 0.389. The van der Waals surface area contributed by atoms with Gasteiger partial charge in [-0.15, -0.1) is 0 Å². The highest BCUT2D eigenvalue weighted by molar-refractivity contribution is 5.30. The third-order valence-electron chi connectivity index (χ3n) is 1.98.